The number of fused-ring (bicyclic) bond motifs is 1. The van der Waals surface area contributed by atoms with Crippen LogP contribution in [0.5, 0.6) is 0 Å². The summed E-state index contributed by atoms with van der Waals surface area (Å²) in [5, 5.41) is 12.5. The monoisotopic (exact) mass is 983 g/mol. The molecule has 0 bridgehead atoms. The zero-order valence-corrected chi connectivity index (χ0v) is 39.5. The number of β-lactam (4-membered cyclic amide) rings is 1. The minimum absolute atomic E-state index is 0.130. The number of nitrogens with zero attached hydrogens (tertiary/aromatic N) is 3. The van der Waals surface area contributed by atoms with Gasteiger partial charge in [0.05, 0.1) is 0 Å². The first-order valence-corrected chi connectivity index (χ1v) is 24.2. The number of oxime groups is 1. The molecule has 1 fully saturated rings. The largest absolute Gasteiger partial charge is 0.457 e. The lowest BCUT2D eigenvalue weighted by molar-refractivity contribution is -0.160. The van der Waals surface area contributed by atoms with Gasteiger partial charge in [0.2, 0.25) is 6.61 Å². The van der Waals surface area contributed by atoms with E-state index in [-0.39, 0.29) is 17.1 Å². The van der Waals surface area contributed by atoms with E-state index in [1.165, 1.54) is 28.0 Å². The van der Waals surface area contributed by atoms with Gasteiger partial charge in [-0.05, 0) is 54.2 Å². The van der Waals surface area contributed by atoms with Crippen LogP contribution in [-0.4, -0.2) is 74.1 Å². The van der Waals surface area contributed by atoms with E-state index in [0.29, 0.717) is 21.8 Å². The number of thiazole rings is 1. The van der Waals surface area contributed by atoms with Gasteiger partial charge in [0.25, 0.3) is 11.8 Å². The number of aromatic nitrogens is 1. The molecule has 0 unspecified atom stereocenters. The van der Waals surface area contributed by atoms with Crippen molar-refractivity contribution < 1.29 is 33.5 Å². The first kappa shape index (κ1) is 46.0. The Labute approximate surface area is 399 Å². The van der Waals surface area contributed by atoms with Crippen LogP contribution in [0.3, 0.4) is 0 Å². The van der Waals surface area contributed by atoms with Crippen molar-refractivity contribution in [2.45, 2.75) is 49.4 Å². The van der Waals surface area contributed by atoms with Crippen molar-refractivity contribution >= 4 is 73.6 Å². The topological polar surface area (TPSA) is 149 Å². The molecule has 5 aromatic carbocycles. The number of esters is 2. The van der Waals surface area contributed by atoms with Gasteiger partial charge in [-0.2, -0.15) is 0 Å². The summed E-state index contributed by atoms with van der Waals surface area (Å²) in [6.45, 7) is 4.60. The van der Waals surface area contributed by atoms with Crippen LogP contribution in [0.4, 0.5) is 5.13 Å². The zero-order chi connectivity index (χ0) is 46.3. The third-order valence-corrected chi connectivity index (χ3v) is 13.5. The van der Waals surface area contributed by atoms with Crippen LogP contribution in [0.2, 0.25) is 0 Å². The Morgan fingerprint density at radius 3 is 1.82 bits per heavy atom. The molecule has 8 rings (SSSR count). The number of hydrogen-bond donors (Lipinski definition) is 2. The Bertz CT molecular complexity index is 2600. The minimum atomic E-state index is -1.05. The molecule has 1 saturated heterocycles. The summed E-state index contributed by atoms with van der Waals surface area (Å²) in [5.41, 5.74) is 3.34. The summed E-state index contributed by atoms with van der Waals surface area (Å²) in [4.78, 5) is 67.3. The maximum atomic E-state index is 14.4. The molecule has 12 nitrogen and oxygen atoms in total. The highest BCUT2D eigenvalue weighted by molar-refractivity contribution is 9.09. The lowest BCUT2D eigenvalue weighted by Gasteiger charge is -2.49. The Morgan fingerprint density at radius 2 is 1.32 bits per heavy atom. The number of hydrogen-bond acceptors (Lipinski definition) is 12. The molecule has 0 aliphatic carbocycles. The van der Waals surface area contributed by atoms with Gasteiger partial charge in [0, 0.05) is 16.5 Å². The van der Waals surface area contributed by atoms with Crippen LogP contribution in [-0.2, 0) is 39.0 Å². The van der Waals surface area contributed by atoms with Crippen LogP contribution in [0.15, 0.2) is 173 Å². The normalized spacial score (nSPS) is 16.2. The van der Waals surface area contributed by atoms with E-state index in [1.807, 2.05) is 152 Å². The highest BCUT2D eigenvalue weighted by Crippen LogP contribution is 2.43. The van der Waals surface area contributed by atoms with E-state index in [2.05, 4.69) is 31.7 Å². The van der Waals surface area contributed by atoms with Gasteiger partial charge in [0.1, 0.15) is 33.9 Å². The second kappa shape index (κ2) is 20.3. The van der Waals surface area contributed by atoms with E-state index in [9.17, 15) is 19.2 Å². The summed E-state index contributed by atoms with van der Waals surface area (Å²) in [7, 11) is 0. The number of nitrogens with one attached hydrogen (secondary N) is 2. The lowest BCUT2D eigenvalue weighted by atomic mass is 9.77. The number of carbonyl (C=O) groups excluding carboxylic acids is 4. The average molecular weight is 985 g/mol. The van der Waals surface area contributed by atoms with E-state index < -0.39 is 59.0 Å². The number of halogens is 1. The van der Waals surface area contributed by atoms with Crippen molar-refractivity contribution in [1.29, 1.82) is 0 Å². The predicted octanol–water partition coefficient (Wildman–Crippen LogP) is 8.99. The molecule has 6 aromatic rings. The molecule has 2 aliphatic rings. The maximum absolute atomic E-state index is 14.4. The molecule has 2 atom stereocenters. The number of rotatable bonds is 16. The zero-order valence-electron chi connectivity index (χ0n) is 36.3. The minimum Gasteiger partial charge on any atom is -0.457 e. The smallest absolute Gasteiger partial charge is 0.356 e. The Hall–Kier alpha value is -6.55. The predicted molar refractivity (Wildman–Crippen MR) is 260 cm³/mol. The van der Waals surface area contributed by atoms with E-state index in [1.54, 1.807) is 26.2 Å². The Morgan fingerprint density at radius 1 is 0.803 bits per heavy atom. The van der Waals surface area contributed by atoms with Gasteiger partial charge in [-0.15, -0.1) is 23.1 Å². The molecular formula is C51H46BrN5O7S2. The fraction of sp³-hybridized carbons (Fsp3) is 0.216. The fourth-order valence-corrected chi connectivity index (χ4v) is 10.7. The first-order chi connectivity index (χ1) is 32.0. The van der Waals surface area contributed by atoms with Crippen molar-refractivity contribution in [2.75, 3.05) is 23.0 Å². The van der Waals surface area contributed by atoms with Gasteiger partial charge in [-0.25, -0.2) is 14.6 Å². The van der Waals surface area contributed by atoms with Crippen LogP contribution < -0.4 is 10.6 Å². The van der Waals surface area contributed by atoms with Crippen molar-refractivity contribution in [1.82, 2.24) is 15.2 Å². The second-order valence-electron chi connectivity index (χ2n) is 16.4. The third kappa shape index (κ3) is 9.98. The number of anilines is 1. The van der Waals surface area contributed by atoms with Gasteiger partial charge >= 0.3 is 11.9 Å². The van der Waals surface area contributed by atoms with Gasteiger partial charge in [-0.1, -0.05) is 173 Å². The van der Waals surface area contributed by atoms with Crippen molar-refractivity contribution in [3.63, 3.8) is 0 Å². The molecule has 0 saturated carbocycles. The second-order valence-corrected chi connectivity index (χ2v) is 18.9. The molecule has 2 aliphatic heterocycles. The van der Waals surface area contributed by atoms with Gasteiger partial charge < -0.3 is 24.9 Å². The number of carbonyl (C=O) groups is 4. The molecule has 0 radical (unpaired) electrons. The van der Waals surface area contributed by atoms with Gasteiger partial charge in [0.15, 0.2) is 16.9 Å². The number of thioether (sulfide) groups is 1. The molecular weight excluding hydrogens is 939 g/mol. The summed E-state index contributed by atoms with van der Waals surface area (Å²) < 4.78 is 11.6. The molecule has 0 spiro atoms. The summed E-state index contributed by atoms with van der Waals surface area (Å²) in [6, 6.07) is 47.7. The molecule has 3 heterocycles. The molecule has 66 heavy (non-hydrogen) atoms. The standard InChI is InChI=1S/C51H46BrN5O7S2/c1-50(2,3)64-40(58)30-62-56-41(39-32-66-49(53-39)55-51(36-23-13-6-14-24-36,37-25-15-7-16-26-37)38-27-17-8-18-28-38)45(59)54-42-46(60)57-43(35(29-52)31-65-47(42)57)48(61)63-44(33-19-9-4-10-20-33)34-21-11-5-12-22-34/h4-28,32,42,44,47H,29-31H2,1-3H3,(H,53,55)(H,54,59)/b56-41+/t42-,47-/m1/s1. The maximum Gasteiger partial charge on any atom is 0.356 e. The molecule has 2 N–H and O–H groups in total. The summed E-state index contributed by atoms with van der Waals surface area (Å²) in [6.07, 6.45) is -0.737. The quantitative estimate of drug-likeness (QED) is 0.0241. The van der Waals surface area contributed by atoms with E-state index in [0.717, 1.165) is 27.8 Å². The van der Waals surface area contributed by atoms with E-state index >= 15 is 0 Å². The van der Waals surface area contributed by atoms with Crippen LogP contribution in [0.1, 0.15) is 60.4 Å². The number of benzene rings is 5. The Kier molecular flexibility index (Phi) is 14.2. The van der Waals surface area contributed by atoms with Gasteiger partial charge in [-0.3, -0.25) is 14.5 Å². The SMILES string of the molecule is CC(C)(C)OC(=O)CO/N=C(/C(=O)N[C@@H]1C(=O)N2C(C(=O)OC(c3ccccc3)c3ccccc3)=C(CBr)CS[C@H]12)c1csc(NC(c2ccccc2)(c2ccccc2)c2ccccc2)n1. The van der Waals surface area contributed by atoms with Crippen LogP contribution in [0, 0.1) is 0 Å². The van der Waals surface area contributed by atoms with E-state index in [4.69, 9.17) is 19.3 Å². The molecule has 2 amide bonds. The van der Waals surface area contributed by atoms with Crippen molar-refractivity contribution in [3.05, 3.63) is 202 Å². The molecule has 1 aromatic heterocycles. The van der Waals surface area contributed by atoms with Crippen molar-refractivity contribution in [3.8, 4) is 0 Å². The highest BCUT2D eigenvalue weighted by atomic mass is 79.9. The number of alkyl halides is 1. The lowest BCUT2D eigenvalue weighted by Crippen LogP contribution is -2.71. The third-order valence-electron chi connectivity index (χ3n) is 10.8. The highest BCUT2D eigenvalue weighted by Gasteiger charge is 2.55. The number of ether oxygens (including phenoxy) is 2. The first-order valence-electron chi connectivity index (χ1n) is 21.1. The number of amides is 2. The van der Waals surface area contributed by atoms with Crippen LogP contribution in [0.25, 0.3) is 0 Å². The summed E-state index contributed by atoms with van der Waals surface area (Å²) in [5.74, 6) is -2.24. The summed E-state index contributed by atoms with van der Waals surface area (Å²) >= 11 is 6.17. The Balaban J connectivity index is 1.08. The fourth-order valence-electron chi connectivity index (χ4n) is 7.84. The van der Waals surface area contributed by atoms with Crippen LogP contribution >= 0.6 is 39.0 Å². The average Bonchev–Trinajstić information content (AvgIpc) is 3.81. The van der Waals surface area contributed by atoms with Crippen molar-refractivity contribution in [2.24, 2.45) is 5.16 Å². The molecule has 15 heteroatoms. The molecule has 336 valence electrons.